The van der Waals surface area contributed by atoms with Crippen LogP contribution in [0.15, 0.2) is 0 Å². The van der Waals surface area contributed by atoms with Crippen molar-refractivity contribution in [2.75, 3.05) is 5.73 Å². The molecule has 1 aromatic rings. The molecule has 1 unspecified atom stereocenters. The van der Waals surface area contributed by atoms with E-state index in [1.165, 1.54) is 16.2 Å². The number of nitrogens with two attached hydrogens (primary N) is 1. The molecule has 0 saturated carbocycles. The van der Waals surface area contributed by atoms with Crippen LogP contribution >= 0.6 is 11.3 Å². The van der Waals surface area contributed by atoms with Crippen molar-refractivity contribution >= 4 is 22.6 Å². The summed E-state index contributed by atoms with van der Waals surface area (Å²) in [5, 5.41) is 9.74. The first-order valence-corrected chi connectivity index (χ1v) is 5.95. The predicted octanol–water partition coefficient (Wildman–Crippen LogP) is 2.09. The molecule has 2 heterocycles. The molecule has 0 saturated heterocycles. The van der Waals surface area contributed by atoms with Crippen molar-refractivity contribution in [1.82, 2.24) is 9.88 Å². The Hall–Kier alpha value is -1.30. The predicted molar refractivity (Wildman–Crippen MR) is 62.3 cm³/mol. The van der Waals surface area contributed by atoms with E-state index in [4.69, 9.17) is 5.73 Å². The van der Waals surface area contributed by atoms with Crippen LogP contribution in [0.25, 0.3) is 0 Å². The second kappa shape index (κ2) is 3.35. The Bertz CT molecular complexity index is 443. The lowest BCUT2D eigenvalue weighted by Crippen LogP contribution is -2.45. The van der Waals surface area contributed by atoms with Crippen LogP contribution in [0, 0.1) is 5.92 Å². The van der Waals surface area contributed by atoms with Crippen LogP contribution in [0.1, 0.15) is 31.3 Å². The molecule has 3 N–H and O–H groups in total. The Kier molecular flexibility index (Phi) is 2.34. The van der Waals surface area contributed by atoms with Gasteiger partial charge >= 0.3 is 6.09 Å². The summed E-state index contributed by atoms with van der Waals surface area (Å²) in [6.45, 7) is 6.31. The number of aromatic nitrogens is 1. The highest BCUT2D eigenvalue weighted by Crippen LogP contribution is 2.46. The van der Waals surface area contributed by atoms with Gasteiger partial charge in [-0.15, -0.1) is 11.3 Å². The quantitative estimate of drug-likeness (QED) is 0.789. The lowest BCUT2D eigenvalue weighted by Gasteiger charge is -2.36. The van der Waals surface area contributed by atoms with E-state index in [1.807, 2.05) is 20.8 Å². The minimum Gasteiger partial charge on any atom is -0.465 e. The van der Waals surface area contributed by atoms with Gasteiger partial charge in [0, 0.05) is 0 Å². The first kappa shape index (κ1) is 11.2. The van der Waals surface area contributed by atoms with Crippen molar-refractivity contribution in [3.63, 3.8) is 0 Å². The number of thiazole rings is 1. The van der Waals surface area contributed by atoms with Crippen LogP contribution in [-0.4, -0.2) is 21.1 Å². The largest absolute Gasteiger partial charge is 0.465 e. The summed E-state index contributed by atoms with van der Waals surface area (Å²) in [5.74, 6) is 0.159. The van der Waals surface area contributed by atoms with E-state index >= 15 is 0 Å². The molecule has 0 radical (unpaired) electrons. The van der Waals surface area contributed by atoms with Crippen molar-refractivity contribution in [3.05, 3.63) is 10.6 Å². The summed E-state index contributed by atoms with van der Waals surface area (Å²) >= 11 is 1.38. The SMILES string of the molecule is CC(C)C1(C)c2nc(N)sc2CN1C(=O)O. The van der Waals surface area contributed by atoms with Gasteiger partial charge in [0.1, 0.15) is 0 Å². The number of carboxylic acid groups (broad SMARTS) is 1. The van der Waals surface area contributed by atoms with Gasteiger partial charge in [-0.05, 0) is 12.8 Å². The van der Waals surface area contributed by atoms with Crippen molar-refractivity contribution in [1.29, 1.82) is 0 Å². The Morgan fingerprint density at radius 3 is 2.81 bits per heavy atom. The number of nitrogens with zero attached hydrogens (tertiary/aromatic N) is 2. The Morgan fingerprint density at radius 1 is 1.69 bits per heavy atom. The number of amides is 1. The first-order valence-electron chi connectivity index (χ1n) is 5.13. The molecule has 5 nitrogen and oxygen atoms in total. The Labute approximate surface area is 97.9 Å². The average molecular weight is 241 g/mol. The lowest BCUT2D eigenvalue weighted by atomic mass is 9.86. The minimum atomic E-state index is -0.903. The highest BCUT2D eigenvalue weighted by molar-refractivity contribution is 7.15. The average Bonchev–Trinajstić information content (AvgIpc) is 2.64. The van der Waals surface area contributed by atoms with Crippen molar-refractivity contribution in [2.45, 2.75) is 32.9 Å². The zero-order valence-corrected chi connectivity index (χ0v) is 10.3. The van der Waals surface area contributed by atoms with E-state index in [0.29, 0.717) is 11.7 Å². The van der Waals surface area contributed by atoms with E-state index in [-0.39, 0.29) is 5.92 Å². The molecular formula is C10H15N3O2S. The molecule has 1 aliphatic heterocycles. The molecule has 0 aromatic carbocycles. The van der Waals surface area contributed by atoms with E-state index in [0.717, 1.165) is 10.6 Å². The minimum absolute atomic E-state index is 0.159. The third-order valence-electron chi connectivity index (χ3n) is 3.41. The molecule has 1 aromatic heterocycles. The summed E-state index contributed by atoms with van der Waals surface area (Å²) < 4.78 is 0. The first-order chi connectivity index (χ1) is 7.37. The molecule has 2 rings (SSSR count). The molecule has 6 heteroatoms. The number of carbonyl (C=O) groups is 1. The number of fused-ring (bicyclic) bond motifs is 1. The molecule has 0 aliphatic carbocycles. The monoisotopic (exact) mass is 241 g/mol. The third kappa shape index (κ3) is 1.29. The molecule has 0 fully saturated rings. The zero-order chi connectivity index (χ0) is 12.1. The summed E-state index contributed by atoms with van der Waals surface area (Å²) in [5.41, 5.74) is 5.94. The Balaban J connectivity index is 2.54. The summed E-state index contributed by atoms with van der Waals surface area (Å²) in [4.78, 5) is 18.0. The number of nitrogen functional groups attached to an aromatic ring is 1. The highest BCUT2D eigenvalue weighted by Gasteiger charge is 2.48. The molecule has 1 aliphatic rings. The van der Waals surface area contributed by atoms with E-state index in [2.05, 4.69) is 4.98 Å². The van der Waals surface area contributed by atoms with Gasteiger partial charge in [0.05, 0.1) is 22.7 Å². The maximum Gasteiger partial charge on any atom is 0.408 e. The number of rotatable bonds is 1. The fraction of sp³-hybridized carbons (Fsp3) is 0.600. The molecule has 1 atom stereocenters. The van der Waals surface area contributed by atoms with Gasteiger partial charge in [-0.25, -0.2) is 9.78 Å². The fourth-order valence-electron chi connectivity index (χ4n) is 2.16. The molecule has 0 bridgehead atoms. The van der Waals surface area contributed by atoms with Gasteiger partial charge in [0.25, 0.3) is 0 Å². The van der Waals surface area contributed by atoms with Gasteiger partial charge in [0.15, 0.2) is 5.13 Å². The summed E-state index contributed by atoms with van der Waals surface area (Å²) in [6.07, 6.45) is -0.903. The van der Waals surface area contributed by atoms with Crippen LogP contribution in [0.5, 0.6) is 0 Å². The van der Waals surface area contributed by atoms with E-state index in [9.17, 15) is 9.90 Å². The van der Waals surface area contributed by atoms with Crippen LogP contribution in [0.3, 0.4) is 0 Å². The zero-order valence-electron chi connectivity index (χ0n) is 9.52. The highest BCUT2D eigenvalue weighted by atomic mass is 32.1. The standard InChI is InChI=1S/C10H15N3O2S/c1-5(2)10(3)7-6(16-8(11)12-7)4-13(10)9(14)15/h5H,4H2,1-3H3,(H2,11,12)(H,14,15). The van der Waals surface area contributed by atoms with Crippen LogP contribution in [0.2, 0.25) is 0 Å². The third-order valence-corrected chi connectivity index (χ3v) is 4.28. The number of hydrogen-bond acceptors (Lipinski definition) is 4. The molecule has 0 spiro atoms. The van der Waals surface area contributed by atoms with Crippen molar-refractivity contribution < 1.29 is 9.90 Å². The lowest BCUT2D eigenvalue weighted by molar-refractivity contribution is 0.0629. The maximum absolute atomic E-state index is 11.2. The van der Waals surface area contributed by atoms with Crippen LogP contribution in [0.4, 0.5) is 9.93 Å². The smallest absolute Gasteiger partial charge is 0.408 e. The van der Waals surface area contributed by atoms with Crippen molar-refractivity contribution in [2.24, 2.45) is 5.92 Å². The molecule has 16 heavy (non-hydrogen) atoms. The topological polar surface area (TPSA) is 79.5 Å². The van der Waals surface area contributed by atoms with Crippen LogP contribution < -0.4 is 5.73 Å². The molecule has 1 amide bonds. The summed E-state index contributed by atoms with van der Waals surface area (Å²) in [6, 6.07) is 0. The van der Waals surface area contributed by atoms with Gasteiger partial charge in [-0.1, -0.05) is 13.8 Å². The van der Waals surface area contributed by atoms with Gasteiger partial charge in [-0.3, -0.25) is 4.90 Å². The normalized spacial score (nSPS) is 23.9. The number of hydrogen-bond donors (Lipinski definition) is 2. The second-order valence-electron chi connectivity index (χ2n) is 4.49. The Morgan fingerprint density at radius 2 is 2.31 bits per heavy atom. The van der Waals surface area contributed by atoms with E-state index < -0.39 is 11.6 Å². The van der Waals surface area contributed by atoms with Gasteiger partial charge in [0.2, 0.25) is 0 Å². The van der Waals surface area contributed by atoms with Gasteiger partial charge in [-0.2, -0.15) is 0 Å². The maximum atomic E-state index is 11.2. The molecule has 88 valence electrons. The van der Waals surface area contributed by atoms with Crippen molar-refractivity contribution in [3.8, 4) is 0 Å². The molecular weight excluding hydrogens is 226 g/mol. The summed E-state index contributed by atoms with van der Waals surface area (Å²) in [7, 11) is 0. The fourth-order valence-corrected chi connectivity index (χ4v) is 3.09. The van der Waals surface area contributed by atoms with Crippen LogP contribution in [-0.2, 0) is 12.1 Å². The van der Waals surface area contributed by atoms with E-state index in [1.54, 1.807) is 0 Å². The number of anilines is 1. The second-order valence-corrected chi connectivity index (χ2v) is 5.61. The van der Waals surface area contributed by atoms with Gasteiger partial charge < -0.3 is 10.8 Å².